The minimum absolute atomic E-state index is 0.523. The van der Waals surface area contributed by atoms with E-state index in [1.54, 1.807) is 6.20 Å². The van der Waals surface area contributed by atoms with E-state index in [-0.39, 0.29) is 0 Å². The third kappa shape index (κ3) is 3.12. The Balaban J connectivity index is 2.08. The summed E-state index contributed by atoms with van der Waals surface area (Å²) in [5.41, 5.74) is 7.62. The Morgan fingerprint density at radius 2 is 2.29 bits per heavy atom. The molecule has 1 heterocycles. The van der Waals surface area contributed by atoms with E-state index >= 15 is 0 Å². The summed E-state index contributed by atoms with van der Waals surface area (Å²) in [4.78, 5) is 4.37. The van der Waals surface area contributed by atoms with Gasteiger partial charge in [0.05, 0.1) is 16.4 Å². The van der Waals surface area contributed by atoms with Crippen molar-refractivity contribution in [1.29, 1.82) is 0 Å². The number of nitrogens with one attached hydrogen (secondary N) is 1. The Labute approximate surface area is 111 Å². The molecule has 17 heavy (non-hydrogen) atoms. The topological polar surface area (TPSA) is 50.9 Å². The zero-order valence-electron chi connectivity index (χ0n) is 10.5. The largest absolute Gasteiger partial charge is 0.397 e. The van der Waals surface area contributed by atoms with Gasteiger partial charge < -0.3 is 11.1 Å². The van der Waals surface area contributed by atoms with E-state index in [9.17, 15) is 0 Å². The first-order valence-electron chi connectivity index (χ1n) is 6.29. The molecule has 1 atom stereocenters. The highest BCUT2D eigenvalue weighted by atomic mass is 79.9. The van der Waals surface area contributed by atoms with Gasteiger partial charge in [0.25, 0.3) is 0 Å². The predicted molar refractivity (Wildman–Crippen MR) is 76.1 cm³/mol. The monoisotopic (exact) mass is 297 g/mol. The van der Waals surface area contributed by atoms with Crippen molar-refractivity contribution in [3.8, 4) is 0 Å². The summed E-state index contributed by atoms with van der Waals surface area (Å²) in [6, 6.07) is 0.523. The fourth-order valence-corrected chi connectivity index (χ4v) is 2.42. The molecule has 0 bridgehead atoms. The van der Waals surface area contributed by atoms with Gasteiger partial charge in [0.15, 0.2) is 0 Å². The third-order valence-electron chi connectivity index (χ3n) is 3.45. The van der Waals surface area contributed by atoms with Gasteiger partial charge >= 0.3 is 0 Å². The van der Waals surface area contributed by atoms with E-state index in [0.29, 0.717) is 6.04 Å². The maximum absolute atomic E-state index is 5.82. The number of nitrogen functional groups attached to an aromatic ring is 1. The first kappa shape index (κ1) is 12.7. The van der Waals surface area contributed by atoms with Crippen LogP contribution in [-0.4, -0.2) is 11.0 Å². The first-order valence-corrected chi connectivity index (χ1v) is 7.08. The van der Waals surface area contributed by atoms with Crippen molar-refractivity contribution in [2.24, 2.45) is 5.92 Å². The third-order valence-corrected chi connectivity index (χ3v) is 4.42. The number of nitrogens with two attached hydrogens (primary N) is 1. The summed E-state index contributed by atoms with van der Waals surface area (Å²) in [5.74, 6) is 1.85. The normalized spacial score (nSPS) is 16.9. The van der Waals surface area contributed by atoms with Crippen LogP contribution in [0.15, 0.2) is 10.7 Å². The first-order chi connectivity index (χ1) is 8.11. The Morgan fingerprint density at radius 3 is 2.88 bits per heavy atom. The van der Waals surface area contributed by atoms with E-state index in [1.807, 2.05) is 6.92 Å². The molecule has 3 N–H and O–H groups in total. The van der Waals surface area contributed by atoms with Crippen LogP contribution < -0.4 is 11.1 Å². The fourth-order valence-electron chi connectivity index (χ4n) is 1.97. The Hall–Kier alpha value is -0.770. The maximum atomic E-state index is 5.82. The number of hydrogen-bond acceptors (Lipinski definition) is 3. The van der Waals surface area contributed by atoms with Gasteiger partial charge in [-0.3, -0.25) is 0 Å². The number of rotatable bonds is 5. The van der Waals surface area contributed by atoms with Crippen molar-refractivity contribution in [2.75, 3.05) is 11.1 Å². The lowest BCUT2D eigenvalue weighted by atomic mass is 10.1. The van der Waals surface area contributed by atoms with Crippen LogP contribution in [0.25, 0.3) is 0 Å². The fraction of sp³-hybridized carbons (Fsp3) is 0.615. The molecule has 2 rings (SSSR count). The summed E-state index contributed by atoms with van der Waals surface area (Å²) >= 11 is 3.57. The number of aromatic nitrogens is 1. The molecular weight excluding hydrogens is 278 g/mol. The van der Waals surface area contributed by atoms with Gasteiger partial charge in [-0.25, -0.2) is 4.98 Å². The maximum Gasteiger partial charge on any atom is 0.140 e. The molecule has 1 aromatic rings. The highest BCUT2D eigenvalue weighted by molar-refractivity contribution is 9.10. The molecule has 0 aromatic carbocycles. The molecule has 0 radical (unpaired) electrons. The van der Waals surface area contributed by atoms with Gasteiger partial charge in [-0.05, 0) is 47.2 Å². The average molecular weight is 298 g/mol. The average Bonchev–Trinajstić information content (AvgIpc) is 3.12. The molecule has 94 valence electrons. The highest BCUT2D eigenvalue weighted by Gasteiger charge is 2.25. The van der Waals surface area contributed by atoms with Crippen LogP contribution in [0, 0.1) is 12.8 Å². The second kappa shape index (κ2) is 5.25. The van der Waals surface area contributed by atoms with E-state index in [1.165, 1.54) is 19.3 Å². The molecule has 3 nitrogen and oxygen atoms in total. The van der Waals surface area contributed by atoms with Crippen LogP contribution in [0.5, 0.6) is 0 Å². The minimum atomic E-state index is 0.523. The van der Waals surface area contributed by atoms with Crippen LogP contribution >= 0.6 is 15.9 Å². The summed E-state index contributed by atoms with van der Waals surface area (Å²) < 4.78 is 0.992. The van der Waals surface area contributed by atoms with Gasteiger partial charge in [-0.1, -0.05) is 19.8 Å². The molecular formula is C13H20BrN3. The van der Waals surface area contributed by atoms with E-state index in [0.717, 1.165) is 33.9 Å². The van der Waals surface area contributed by atoms with Gasteiger partial charge in [0, 0.05) is 6.04 Å². The predicted octanol–water partition coefficient (Wildman–Crippen LogP) is 3.73. The SMILES string of the molecule is CCC(CC1CC1)Nc1ncc(N)c(C)c1Br. The van der Waals surface area contributed by atoms with Crippen LogP contribution in [0.4, 0.5) is 11.5 Å². The second-order valence-corrected chi connectivity index (χ2v) is 5.72. The molecule has 0 spiro atoms. The van der Waals surface area contributed by atoms with E-state index < -0.39 is 0 Å². The molecule has 0 saturated heterocycles. The molecule has 1 unspecified atom stereocenters. The van der Waals surface area contributed by atoms with Gasteiger partial charge in [0.1, 0.15) is 5.82 Å². The smallest absolute Gasteiger partial charge is 0.140 e. The van der Waals surface area contributed by atoms with Crippen LogP contribution in [0.3, 0.4) is 0 Å². The van der Waals surface area contributed by atoms with Crippen molar-refractivity contribution in [3.05, 3.63) is 16.2 Å². The summed E-state index contributed by atoms with van der Waals surface area (Å²) in [7, 11) is 0. The standard InChI is InChI=1S/C13H20BrN3/c1-3-10(6-9-4-5-9)17-13-12(14)8(2)11(15)7-16-13/h7,9-10H,3-6,15H2,1-2H3,(H,16,17). The number of hydrogen-bond donors (Lipinski definition) is 2. The Morgan fingerprint density at radius 1 is 1.59 bits per heavy atom. The van der Waals surface area contributed by atoms with Gasteiger partial charge in [0.2, 0.25) is 0 Å². The van der Waals surface area contributed by atoms with Crippen molar-refractivity contribution in [3.63, 3.8) is 0 Å². The van der Waals surface area contributed by atoms with Crippen LogP contribution in [0.1, 0.15) is 38.2 Å². The molecule has 1 aliphatic carbocycles. The zero-order valence-corrected chi connectivity index (χ0v) is 12.0. The molecule has 4 heteroatoms. The summed E-state index contributed by atoms with van der Waals surface area (Å²) in [6.07, 6.45) is 6.91. The quantitative estimate of drug-likeness (QED) is 0.871. The number of anilines is 2. The summed E-state index contributed by atoms with van der Waals surface area (Å²) in [5, 5.41) is 3.52. The minimum Gasteiger partial charge on any atom is -0.397 e. The number of halogens is 1. The highest BCUT2D eigenvalue weighted by Crippen LogP contribution is 2.35. The lowest BCUT2D eigenvalue weighted by molar-refractivity contribution is 0.585. The molecule has 1 aliphatic rings. The zero-order chi connectivity index (χ0) is 12.4. The number of pyridine rings is 1. The van der Waals surface area contributed by atoms with Crippen molar-refractivity contribution in [2.45, 2.75) is 45.6 Å². The molecule has 1 fully saturated rings. The van der Waals surface area contributed by atoms with Gasteiger partial charge in [-0.15, -0.1) is 0 Å². The van der Waals surface area contributed by atoms with E-state index in [4.69, 9.17) is 5.73 Å². The number of nitrogens with zero attached hydrogens (tertiary/aromatic N) is 1. The molecule has 0 amide bonds. The molecule has 1 aromatic heterocycles. The Bertz CT molecular complexity index is 402. The molecule has 1 saturated carbocycles. The lowest BCUT2D eigenvalue weighted by Crippen LogP contribution is -2.20. The summed E-state index contributed by atoms with van der Waals surface area (Å²) in [6.45, 7) is 4.23. The lowest BCUT2D eigenvalue weighted by Gasteiger charge is -2.19. The van der Waals surface area contributed by atoms with Crippen LogP contribution in [0.2, 0.25) is 0 Å². The second-order valence-electron chi connectivity index (χ2n) is 4.93. The molecule has 0 aliphatic heterocycles. The van der Waals surface area contributed by atoms with Crippen molar-refractivity contribution in [1.82, 2.24) is 4.98 Å². The van der Waals surface area contributed by atoms with Crippen molar-refractivity contribution < 1.29 is 0 Å². The van der Waals surface area contributed by atoms with E-state index in [2.05, 4.69) is 33.2 Å². The Kier molecular flexibility index (Phi) is 3.92. The van der Waals surface area contributed by atoms with Gasteiger partial charge in [-0.2, -0.15) is 0 Å². The van der Waals surface area contributed by atoms with Crippen LogP contribution in [-0.2, 0) is 0 Å². The van der Waals surface area contributed by atoms with Crippen molar-refractivity contribution >= 4 is 27.4 Å².